The predicted molar refractivity (Wildman–Crippen MR) is 106 cm³/mol. The number of carbonyl (C=O) groups excluding carboxylic acids is 2. The van der Waals surface area contributed by atoms with Crippen LogP contribution in [0.15, 0.2) is 15.9 Å². The van der Waals surface area contributed by atoms with E-state index in [1.54, 1.807) is 13.0 Å². The van der Waals surface area contributed by atoms with Crippen molar-refractivity contribution < 1.29 is 9.59 Å². The minimum atomic E-state index is -0.531. The van der Waals surface area contributed by atoms with Crippen LogP contribution >= 0.6 is 27.3 Å². The molecule has 2 N–H and O–H groups in total. The van der Waals surface area contributed by atoms with E-state index in [4.69, 9.17) is 0 Å². The normalized spacial score (nSPS) is 17.2. The fourth-order valence-corrected chi connectivity index (χ4v) is 4.17. The number of halogens is 1. The van der Waals surface area contributed by atoms with Gasteiger partial charge in [-0.15, -0.1) is 11.3 Å². The van der Waals surface area contributed by atoms with Gasteiger partial charge in [0.05, 0.1) is 8.66 Å². The summed E-state index contributed by atoms with van der Waals surface area (Å²) < 4.78 is 0.901. The van der Waals surface area contributed by atoms with Crippen LogP contribution in [0.1, 0.15) is 49.2 Å². The van der Waals surface area contributed by atoms with Gasteiger partial charge in [0.2, 0.25) is 5.91 Å². The summed E-state index contributed by atoms with van der Waals surface area (Å²) in [5, 5.41) is 5.65. The predicted octanol–water partition coefficient (Wildman–Crippen LogP) is 3.26. The molecule has 0 saturated carbocycles. The minimum Gasteiger partial charge on any atom is -0.354 e. The van der Waals surface area contributed by atoms with E-state index in [1.165, 1.54) is 37.3 Å². The van der Waals surface area contributed by atoms with Gasteiger partial charge in [0, 0.05) is 6.54 Å². The second kappa shape index (κ2) is 10.3. The van der Waals surface area contributed by atoms with Gasteiger partial charge in [-0.3, -0.25) is 9.59 Å². The third-order valence-corrected chi connectivity index (χ3v) is 6.24. The molecule has 25 heavy (non-hydrogen) atoms. The van der Waals surface area contributed by atoms with Crippen molar-refractivity contribution in [2.75, 3.05) is 26.2 Å². The number of nitrogens with one attached hydrogen (secondary N) is 2. The Kier molecular flexibility index (Phi) is 8.39. The molecule has 1 aromatic heterocycles. The quantitative estimate of drug-likeness (QED) is 0.623. The second-order valence-electron chi connectivity index (χ2n) is 6.82. The molecule has 1 atom stereocenters. The molecule has 2 heterocycles. The fourth-order valence-electron chi connectivity index (χ4n) is 2.88. The zero-order chi connectivity index (χ0) is 18.2. The third kappa shape index (κ3) is 7.07. The minimum absolute atomic E-state index is 0.129. The lowest BCUT2D eigenvalue weighted by Gasteiger charge is -2.30. The Morgan fingerprint density at radius 2 is 2.04 bits per heavy atom. The maximum Gasteiger partial charge on any atom is 0.262 e. The van der Waals surface area contributed by atoms with E-state index in [0.29, 0.717) is 11.4 Å². The first kappa shape index (κ1) is 20.4. The average Bonchev–Trinajstić information content (AvgIpc) is 3.02. The number of hydrogen-bond acceptors (Lipinski definition) is 4. The van der Waals surface area contributed by atoms with Gasteiger partial charge in [-0.05, 0) is 86.2 Å². The van der Waals surface area contributed by atoms with Crippen LogP contribution in [-0.4, -0.2) is 48.9 Å². The number of carbonyl (C=O) groups is 2. The zero-order valence-electron chi connectivity index (χ0n) is 15.0. The largest absolute Gasteiger partial charge is 0.354 e. The Hall–Kier alpha value is -0.920. The molecule has 2 amide bonds. The monoisotopic (exact) mass is 429 g/mol. The number of thiophene rings is 1. The fraction of sp³-hybridized carbons (Fsp3) is 0.667. The van der Waals surface area contributed by atoms with E-state index in [-0.39, 0.29) is 11.8 Å². The van der Waals surface area contributed by atoms with Crippen molar-refractivity contribution in [3.63, 3.8) is 0 Å². The van der Waals surface area contributed by atoms with Gasteiger partial charge in [-0.2, -0.15) is 0 Å². The van der Waals surface area contributed by atoms with Crippen LogP contribution < -0.4 is 10.6 Å². The number of amides is 2. The van der Waals surface area contributed by atoms with Crippen molar-refractivity contribution in [3.05, 3.63) is 20.8 Å². The van der Waals surface area contributed by atoms with E-state index in [9.17, 15) is 9.59 Å². The maximum atomic E-state index is 12.1. The molecule has 1 aliphatic rings. The molecule has 0 radical (unpaired) electrons. The van der Waals surface area contributed by atoms with Crippen LogP contribution in [0.5, 0.6) is 0 Å². The SMILES string of the molecule is CC1CCN(CCCCNC(=O)C(C)NC(=O)c2ccc(Br)s2)CC1. The van der Waals surface area contributed by atoms with Crippen molar-refractivity contribution in [2.45, 2.75) is 45.6 Å². The van der Waals surface area contributed by atoms with E-state index in [2.05, 4.69) is 38.4 Å². The Labute approximate surface area is 162 Å². The van der Waals surface area contributed by atoms with Crippen LogP contribution in [0, 0.1) is 5.92 Å². The molecule has 2 rings (SSSR count). The van der Waals surface area contributed by atoms with Gasteiger partial charge in [0.1, 0.15) is 6.04 Å². The molecule has 1 saturated heterocycles. The van der Waals surface area contributed by atoms with E-state index >= 15 is 0 Å². The highest BCUT2D eigenvalue weighted by Crippen LogP contribution is 2.21. The lowest BCUT2D eigenvalue weighted by Crippen LogP contribution is -2.45. The molecule has 0 aromatic carbocycles. The Morgan fingerprint density at radius 1 is 1.32 bits per heavy atom. The molecule has 0 aliphatic carbocycles. The number of hydrogen-bond donors (Lipinski definition) is 2. The number of unbranched alkanes of at least 4 members (excludes halogenated alkanes) is 1. The summed E-state index contributed by atoms with van der Waals surface area (Å²) in [6.45, 7) is 8.22. The zero-order valence-corrected chi connectivity index (χ0v) is 17.4. The summed E-state index contributed by atoms with van der Waals surface area (Å²) in [5.74, 6) is 0.524. The van der Waals surface area contributed by atoms with Crippen molar-refractivity contribution in [1.29, 1.82) is 0 Å². The highest BCUT2D eigenvalue weighted by Gasteiger charge is 2.18. The summed E-state index contributed by atoms with van der Waals surface area (Å²) >= 11 is 4.69. The van der Waals surface area contributed by atoms with Crippen molar-refractivity contribution in [3.8, 4) is 0 Å². The molecule has 1 unspecified atom stereocenters. The van der Waals surface area contributed by atoms with E-state index in [1.807, 2.05) is 6.07 Å². The lowest BCUT2D eigenvalue weighted by atomic mass is 9.99. The van der Waals surface area contributed by atoms with Gasteiger partial charge in [-0.1, -0.05) is 6.92 Å². The molecule has 7 heteroatoms. The molecule has 140 valence electrons. The lowest BCUT2D eigenvalue weighted by molar-refractivity contribution is -0.122. The van der Waals surface area contributed by atoms with Crippen LogP contribution in [0.2, 0.25) is 0 Å². The summed E-state index contributed by atoms with van der Waals surface area (Å²) in [7, 11) is 0. The molecule has 5 nitrogen and oxygen atoms in total. The average molecular weight is 430 g/mol. The van der Waals surface area contributed by atoms with Gasteiger partial charge >= 0.3 is 0 Å². The van der Waals surface area contributed by atoms with E-state index in [0.717, 1.165) is 29.1 Å². The number of likely N-dealkylation sites (tertiary alicyclic amines) is 1. The molecular weight excluding hydrogens is 402 g/mol. The number of nitrogens with zero attached hydrogens (tertiary/aromatic N) is 1. The van der Waals surface area contributed by atoms with Crippen LogP contribution in [0.3, 0.4) is 0 Å². The topological polar surface area (TPSA) is 61.4 Å². The standard InChI is InChI=1S/C18H28BrN3O2S/c1-13-7-11-22(12-8-13)10-4-3-9-20-17(23)14(2)21-18(24)15-5-6-16(19)25-15/h5-6,13-14H,3-4,7-12H2,1-2H3,(H,20,23)(H,21,24). The molecule has 0 bridgehead atoms. The summed E-state index contributed by atoms with van der Waals surface area (Å²) in [5.41, 5.74) is 0. The van der Waals surface area contributed by atoms with Crippen molar-refractivity contribution in [1.82, 2.24) is 15.5 Å². The van der Waals surface area contributed by atoms with Gasteiger partial charge in [0.25, 0.3) is 5.91 Å². The summed E-state index contributed by atoms with van der Waals surface area (Å²) in [6, 6.07) is 3.04. The molecule has 1 aromatic rings. The molecule has 1 fully saturated rings. The Morgan fingerprint density at radius 3 is 2.68 bits per heavy atom. The van der Waals surface area contributed by atoms with E-state index < -0.39 is 6.04 Å². The molecule has 1 aliphatic heterocycles. The first-order chi connectivity index (χ1) is 12.0. The van der Waals surface area contributed by atoms with Crippen LogP contribution in [-0.2, 0) is 4.79 Å². The Balaban J connectivity index is 1.57. The summed E-state index contributed by atoms with van der Waals surface area (Å²) in [6.07, 6.45) is 4.67. The van der Waals surface area contributed by atoms with Gasteiger partial charge < -0.3 is 15.5 Å². The highest BCUT2D eigenvalue weighted by molar-refractivity contribution is 9.11. The number of rotatable bonds is 8. The first-order valence-corrected chi connectivity index (χ1v) is 10.6. The van der Waals surface area contributed by atoms with Gasteiger partial charge in [-0.25, -0.2) is 0 Å². The van der Waals surface area contributed by atoms with Crippen molar-refractivity contribution in [2.24, 2.45) is 5.92 Å². The summed E-state index contributed by atoms with van der Waals surface area (Å²) in [4.78, 5) is 27.2. The molecular formula is C18H28BrN3O2S. The van der Waals surface area contributed by atoms with Gasteiger partial charge in [0.15, 0.2) is 0 Å². The van der Waals surface area contributed by atoms with Crippen LogP contribution in [0.4, 0.5) is 0 Å². The maximum absolute atomic E-state index is 12.1. The highest BCUT2D eigenvalue weighted by atomic mass is 79.9. The third-order valence-electron chi connectivity index (χ3n) is 4.61. The number of piperidine rings is 1. The first-order valence-electron chi connectivity index (χ1n) is 9.02. The second-order valence-corrected chi connectivity index (χ2v) is 9.28. The van der Waals surface area contributed by atoms with Crippen molar-refractivity contribution >= 4 is 39.1 Å². The smallest absolute Gasteiger partial charge is 0.262 e. The van der Waals surface area contributed by atoms with Crippen LogP contribution in [0.25, 0.3) is 0 Å². The molecule has 0 spiro atoms. The Bertz CT molecular complexity index is 570.